The molecule has 0 aliphatic carbocycles. The van der Waals surface area contributed by atoms with Crippen LogP contribution >= 0.6 is 0 Å². The van der Waals surface area contributed by atoms with Gasteiger partial charge in [0, 0.05) is 0 Å². The van der Waals surface area contributed by atoms with Gasteiger partial charge >= 0.3 is 11.9 Å². The molecule has 18 heavy (non-hydrogen) atoms. The van der Waals surface area contributed by atoms with Crippen LogP contribution in [0.15, 0.2) is 30.3 Å². The van der Waals surface area contributed by atoms with Crippen LogP contribution in [0.5, 0.6) is 0 Å². The van der Waals surface area contributed by atoms with Gasteiger partial charge in [-0.1, -0.05) is 30.3 Å². The maximum atomic E-state index is 11.5. The monoisotopic (exact) mass is 252 g/mol. The van der Waals surface area contributed by atoms with Crippen molar-refractivity contribution in [2.24, 2.45) is 5.92 Å². The SMILES string of the molecule is COC(=O)[C@H](CO)CC(=O)OCc1ccccc1. The van der Waals surface area contributed by atoms with Gasteiger partial charge in [-0.05, 0) is 5.56 Å². The van der Waals surface area contributed by atoms with Crippen LogP contribution in [-0.2, 0) is 25.7 Å². The fourth-order valence-electron chi connectivity index (χ4n) is 1.39. The van der Waals surface area contributed by atoms with E-state index in [1.165, 1.54) is 7.11 Å². The van der Waals surface area contributed by atoms with E-state index in [1.54, 1.807) is 0 Å². The molecule has 5 heteroatoms. The third kappa shape index (κ3) is 4.55. The van der Waals surface area contributed by atoms with E-state index in [1.807, 2.05) is 30.3 Å². The van der Waals surface area contributed by atoms with Gasteiger partial charge in [0.2, 0.25) is 0 Å². The molecule has 5 nitrogen and oxygen atoms in total. The highest BCUT2D eigenvalue weighted by molar-refractivity contribution is 5.79. The highest BCUT2D eigenvalue weighted by Gasteiger charge is 2.22. The Labute approximate surface area is 105 Å². The Hall–Kier alpha value is -1.88. The predicted molar refractivity (Wildman–Crippen MR) is 63.4 cm³/mol. The zero-order valence-corrected chi connectivity index (χ0v) is 10.2. The highest BCUT2D eigenvalue weighted by Crippen LogP contribution is 2.08. The Kier molecular flexibility index (Phi) is 5.87. The van der Waals surface area contributed by atoms with Crippen molar-refractivity contribution in [3.05, 3.63) is 35.9 Å². The first-order chi connectivity index (χ1) is 8.67. The Balaban J connectivity index is 2.39. The first-order valence-electron chi connectivity index (χ1n) is 5.55. The van der Waals surface area contributed by atoms with E-state index in [9.17, 15) is 9.59 Å². The van der Waals surface area contributed by atoms with Gasteiger partial charge < -0.3 is 14.6 Å². The fraction of sp³-hybridized carbons (Fsp3) is 0.385. The molecule has 98 valence electrons. The molecule has 1 aromatic rings. The molecule has 0 unspecified atom stereocenters. The summed E-state index contributed by atoms with van der Waals surface area (Å²) in [6, 6.07) is 9.21. The van der Waals surface area contributed by atoms with E-state index in [2.05, 4.69) is 4.74 Å². The summed E-state index contributed by atoms with van der Waals surface area (Å²) < 4.78 is 9.46. The van der Waals surface area contributed by atoms with Crippen molar-refractivity contribution in [3.63, 3.8) is 0 Å². The number of ether oxygens (including phenoxy) is 2. The smallest absolute Gasteiger partial charge is 0.311 e. The average molecular weight is 252 g/mol. The number of rotatable bonds is 6. The molecule has 1 N–H and O–H groups in total. The van der Waals surface area contributed by atoms with Gasteiger partial charge in [0.15, 0.2) is 0 Å². The Morgan fingerprint density at radius 3 is 2.50 bits per heavy atom. The van der Waals surface area contributed by atoms with Crippen molar-refractivity contribution in [1.29, 1.82) is 0 Å². The summed E-state index contributed by atoms with van der Waals surface area (Å²) in [5.74, 6) is -2.02. The molecule has 0 spiro atoms. The van der Waals surface area contributed by atoms with Crippen molar-refractivity contribution in [2.75, 3.05) is 13.7 Å². The summed E-state index contributed by atoms with van der Waals surface area (Å²) in [5, 5.41) is 8.95. The van der Waals surface area contributed by atoms with Crippen LogP contribution in [0, 0.1) is 5.92 Å². The number of benzene rings is 1. The van der Waals surface area contributed by atoms with Crippen LogP contribution < -0.4 is 0 Å². The summed E-state index contributed by atoms with van der Waals surface area (Å²) in [6.07, 6.45) is -0.185. The maximum absolute atomic E-state index is 11.5. The summed E-state index contributed by atoms with van der Waals surface area (Å²) in [6.45, 7) is -0.286. The van der Waals surface area contributed by atoms with Crippen molar-refractivity contribution in [3.8, 4) is 0 Å². The summed E-state index contributed by atoms with van der Waals surface area (Å²) in [4.78, 5) is 22.6. The van der Waals surface area contributed by atoms with Gasteiger partial charge in [0.25, 0.3) is 0 Å². The molecule has 0 bridgehead atoms. The molecule has 0 saturated heterocycles. The first-order valence-corrected chi connectivity index (χ1v) is 5.55. The summed E-state index contributed by atoms with van der Waals surface area (Å²) in [5.41, 5.74) is 0.865. The number of carbonyl (C=O) groups excluding carboxylic acids is 2. The van der Waals surface area contributed by atoms with Gasteiger partial charge in [-0.2, -0.15) is 0 Å². The van der Waals surface area contributed by atoms with Crippen LogP contribution in [0.3, 0.4) is 0 Å². The minimum absolute atomic E-state index is 0.152. The molecule has 1 rings (SSSR count). The Morgan fingerprint density at radius 2 is 1.94 bits per heavy atom. The second kappa shape index (κ2) is 7.45. The van der Waals surface area contributed by atoms with Gasteiger partial charge in [-0.25, -0.2) is 0 Å². The molecule has 0 amide bonds. The lowest BCUT2D eigenvalue weighted by Gasteiger charge is -2.11. The molecule has 1 atom stereocenters. The number of hydrogen-bond acceptors (Lipinski definition) is 5. The molecule has 0 radical (unpaired) electrons. The lowest BCUT2D eigenvalue weighted by molar-refractivity contribution is -0.155. The third-order valence-corrected chi connectivity index (χ3v) is 2.41. The number of hydrogen-bond donors (Lipinski definition) is 1. The van der Waals surface area contributed by atoms with Crippen LogP contribution in [0.4, 0.5) is 0 Å². The molecule has 0 aliphatic heterocycles. The molecule has 0 heterocycles. The van der Waals surface area contributed by atoms with Gasteiger partial charge in [-0.15, -0.1) is 0 Å². The second-order valence-corrected chi connectivity index (χ2v) is 3.75. The molecular weight excluding hydrogens is 236 g/mol. The van der Waals surface area contributed by atoms with Crippen molar-refractivity contribution in [2.45, 2.75) is 13.0 Å². The molecule has 1 aromatic carbocycles. The second-order valence-electron chi connectivity index (χ2n) is 3.75. The Morgan fingerprint density at radius 1 is 1.28 bits per heavy atom. The van der Waals surface area contributed by atoms with Crippen LogP contribution in [0.2, 0.25) is 0 Å². The topological polar surface area (TPSA) is 72.8 Å². The lowest BCUT2D eigenvalue weighted by Crippen LogP contribution is -2.24. The average Bonchev–Trinajstić information content (AvgIpc) is 2.42. The Bertz CT molecular complexity index is 388. The normalized spacial score (nSPS) is 11.7. The number of aliphatic hydroxyl groups is 1. The molecule has 0 saturated carbocycles. The summed E-state index contributed by atoms with van der Waals surface area (Å²) in [7, 11) is 1.21. The summed E-state index contributed by atoms with van der Waals surface area (Å²) >= 11 is 0. The quantitative estimate of drug-likeness (QED) is 0.761. The van der Waals surface area contributed by atoms with E-state index in [0.717, 1.165) is 5.56 Å². The van der Waals surface area contributed by atoms with Crippen molar-refractivity contribution in [1.82, 2.24) is 0 Å². The van der Waals surface area contributed by atoms with E-state index < -0.39 is 24.5 Å². The first kappa shape index (κ1) is 14.2. The van der Waals surface area contributed by atoms with E-state index >= 15 is 0 Å². The number of carbonyl (C=O) groups is 2. The van der Waals surface area contributed by atoms with Crippen LogP contribution in [0.25, 0.3) is 0 Å². The largest absolute Gasteiger partial charge is 0.469 e. The van der Waals surface area contributed by atoms with E-state index in [-0.39, 0.29) is 13.0 Å². The molecule has 0 fully saturated rings. The molecule has 0 aromatic heterocycles. The standard InChI is InChI=1S/C13H16O5/c1-17-13(16)11(8-14)7-12(15)18-9-10-5-3-2-4-6-10/h2-6,11,14H,7-9H2,1H3/t11-/m0/s1. The molecular formula is C13H16O5. The molecule has 0 aliphatic rings. The van der Waals surface area contributed by atoms with Crippen LogP contribution in [0.1, 0.15) is 12.0 Å². The van der Waals surface area contributed by atoms with Gasteiger partial charge in [0.05, 0.1) is 26.1 Å². The zero-order chi connectivity index (χ0) is 13.4. The van der Waals surface area contributed by atoms with Crippen molar-refractivity contribution < 1.29 is 24.2 Å². The maximum Gasteiger partial charge on any atom is 0.311 e. The number of methoxy groups -OCH3 is 1. The van der Waals surface area contributed by atoms with E-state index in [0.29, 0.717) is 0 Å². The van der Waals surface area contributed by atoms with Gasteiger partial charge in [-0.3, -0.25) is 9.59 Å². The fourth-order valence-corrected chi connectivity index (χ4v) is 1.39. The van der Waals surface area contributed by atoms with Crippen molar-refractivity contribution >= 4 is 11.9 Å². The number of esters is 2. The number of aliphatic hydroxyl groups excluding tert-OH is 1. The zero-order valence-electron chi connectivity index (χ0n) is 10.2. The van der Waals surface area contributed by atoms with Gasteiger partial charge in [0.1, 0.15) is 6.61 Å². The van der Waals surface area contributed by atoms with E-state index in [4.69, 9.17) is 9.84 Å². The minimum Gasteiger partial charge on any atom is -0.469 e. The minimum atomic E-state index is -0.863. The lowest BCUT2D eigenvalue weighted by atomic mass is 10.1. The third-order valence-electron chi connectivity index (χ3n) is 2.41. The highest BCUT2D eigenvalue weighted by atomic mass is 16.5. The van der Waals surface area contributed by atoms with Crippen LogP contribution in [-0.4, -0.2) is 30.8 Å². The predicted octanol–water partition coefficient (Wildman–Crippen LogP) is 0.901.